The molecule has 0 radical (unpaired) electrons. The Morgan fingerprint density at radius 3 is 2.85 bits per heavy atom. The van der Waals surface area contributed by atoms with Gasteiger partial charge in [-0.25, -0.2) is 0 Å². The Balaban J connectivity index is 2.13. The van der Waals surface area contributed by atoms with Crippen LogP contribution in [0.1, 0.15) is 28.8 Å². The second-order valence-corrected chi connectivity index (χ2v) is 4.88. The van der Waals surface area contributed by atoms with Crippen LogP contribution in [0.4, 0.5) is 0 Å². The largest absolute Gasteiger partial charge is 0.508 e. The van der Waals surface area contributed by atoms with E-state index in [0.29, 0.717) is 36.8 Å². The number of carbonyl (C=O) groups excluding carboxylic acids is 3. The van der Waals surface area contributed by atoms with E-state index in [2.05, 4.69) is 5.32 Å². The average Bonchev–Trinajstić information content (AvgIpc) is 2.38. The fourth-order valence-corrected chi connectivity index (χ4v) is 2.33. The number of amides is 2. The lowest BCUT2D eigenvalue weighted by atomic mass is 10.0. The first-order chi connectivity index (χ1) is 9.51. The number of phenols is 1. The molecule has 0 saturated carbocycles. The van der Waals surface area contributed by atoms with Crippen molar-refractivity contribution in [3.63, 3.8) is 0 Å². The number of aldehydes is 1. The molecular formula is C14H16N2O4. The molecule has 1 aliphatic rings. The number of aromatic hydroxyl groups is 1. The Hall–Kier alpha value is -2.21. The predicted octanol–water partition coefficient (Wildman–Crippen LogP) is 0.442. The Morgan fingerprint density at radius 2 is 2.20 bits per heavy atom. The van der Waals surface area contributed by atoms with E-state index >= 15 is 0 Å². The number of hydrogen-bond donors (Lipinski definition) is 2. The smallest absolute Gasteiger partial charge is 0.243 e. The fourth-order valence-electron chi connectivity index (χ4n) is 2.33. The summed E-state index contributed by atoms with van der Waals surface area (Å²) >= 11 is 0. The normalized spacial score (nSPS) is 19.0. The number of nitrogens with one attached hydrogen (secondary N) is 1. The lowest BCUT2D eigenvalue weighted by molar-refractivity contribution is -0.137. The maximum absolute atomic E-state index is 11.8. The van der Waals surface area contributed by atoms with Crippen molar-refractivity contribution in [1.82, 2.24) is 10.2 Å². The highest BCUT2D eigenvalue weighted by molar-refractivity contribution is 6.00. The van der Waals surface area contributed by atoms with E-state index in [1.165, 1.54) is 18.2 Å². The number of rotatable bonds is 4. The molecule has 1 aliphatic heterocycles. The molecule has 1 unspecified atom stereocenters. The third-order valence-electron chi connectivity index (χ3n) is 3.42. The van der Waals surface area contributed by atoms with Crippen LogP contribution in [0.3, 0.4) is 0 Å². The average molecular weight is 276 g/mol. The van der Waals surface area contributed by atoms with Crippen LogP contribution in [-0.2, 0) is 16.1 Å². The molecule has 0 bridgehead atoms. The molecule has 1 atom stereocenters. The van der Waals surface area contributed by atoms with Gasteiger partial charge in [0, 0.05) is 18.5 Å². The number of hydrogen-bond acceptors (Lipinski definition) is 5. The minimum absolute atomic E-state index is 0.0715. The summed E-state index contributed by atoms with van der Waals surface area (Å²) in [4.78, 5) is 35.6. The predicted molar refractivity (Wildman–Crippen MR) is 71.1 cm³/mol. The van der Waals surface area contributed by atoms with E-state index < -0.39 is 6.04 Å². The molecule has 0 aliphatic carbocycles. The molecule has 1 aromatic rings. The third kappa shape index (κ3) is 3.03. The Morgan fingerprint density at radius 1 is 1.45 bits per heavy atom. The summed E-state index contributed by atoms with van der Waals surface area (Å²) in [6, 6.07) is 4.08. The highest BCUT2D eigenvalue weighted by atomic mass is 16.3. The Bertz CT molecular complexity index is 556. The number of nitrogens with zero attached hydrogens (tertiary/aromatic N) is 1. The topological polar surface area (TPSA) is 86.7 Å². The molecule has 106 valence electrons. The van der Waals surface area contributed by atoms with Crippen LogP contribution in [-0.4, -0.2) is 41.2 Å². The van der Waals surface area contributed by atoms with Crippen molar-refractivity contribution in [3.05, 3.63) is 29.3 Å². The van der Waals surface area contributed by atoms with Crippen molar-refractivity contribution in [2.75, 3.05) is 7.05 Å². The van der Waals surface area contributed by atoms with E-state index in [4.69, 9.17) is 0 Å². The van der Waals surface area contributed by atoms with Crippen molar-refractivity contribution in [2.24, 2.45) is 0 Å². The highest BCUT2D eigenvalue weighted by Gasteiger charge is 2.29. The van der Waals surface area contributed by atoms with Crippen LogP contribution in [0, 0.1) is 0 Å². The summed E-state index contributed by atoms with van der Waals surface area (Å²) in [6.07, 6.45) is 1.48. The number of piperidine rings is 1. The molecular weight excluding hydrogens is 260 g/mol. The number of imide groups is 1. The number of benzene rings is 1. The zero-order chi connectivity index (χ0) is 14.7. The standard InChI is InChI=1S/C14H16N2O4/c1-16(12-4-5-13(19)15-14(12)20)7-10-6-11(18)3-2-9(10)8-17/h2-3,6,8,12,18H,4-5,7H2,1H3,(H,15,19,20). The summed E-state index contributed by atoms with van der Waals surface area (Å²) in [7, 11) is 1.75. The molecule has 1 aromatic carbocycles. The van der Waals surface area contributed by atoms with Gasteiger partial charge >= 0.3 is 0 Å². The maximum Gasteiger partial charge on any atom is 0.243 e. The molecule has 2 amide bonds. The second kappa shape index (κ2) is 5.83. The van der Waals surface area contributed by atoms with Crippen molar-refractivity contribution in [3.8, 4) is 5.75 Å². The van der Waals surface area contributed by atoms with Gasteiger partial charge in [-0.05, 0) is 37.2 Å². The van der Waals surface area contributed by atoms with Gasteiger partial charge in [0.05, 0.1) is 6.04 Å². The van der Waals surface area contributed by atoms with E-state index in [-0.39, 0.29) is 17.6 Å². The molecule has 1 fully saturated rings. The molecule has 1 heterocycles. The summed E-state index contributed by atoms with van der Waals surface area (Å²) < 4.78 is 0. The SMILES string of the molecule is CN(Cc1cc(O)ccc1C=O)C1CCC(=O)NC1=O. The van der Waals surface area contributed by atoms with Crippen LogP contribution in [0.2, 0.25) is 0 Å². The van der Waals surface area contributed by atoms with Crippen molar-refractivity contribution >= 4 is 18.1 Å². The van der Waals surface area contributed by atoms with Gasteiger partial charge in [-0.15, -0.1) is 0 Å². The van der Waals surface area contributed by atoms with Crippen LogP contribution >= 0.6 is 0 Å². The summed E-state index contributed by atoms with van der Waals surface area (Å²) in [5.41, 5.74) is 1.12. The van der Waals surface area contributed by atoms with E-state index in [9.17, 15) is 19.5 Å². The first-order valence-corrected chi connectivity index (χ1v) is 6.32. The quantitative estimate of drug-likeness (QED) is 0.615. The van der Waals surface area contributed by atoms with E-state index in [1.54, 1.807) is 11.9 Å². The highest BCUT2D eigenvalue weighted by Crippen LogP contribution is 2.19. The number of phenolic OH excluding ortho intramolecular Hbond substituents is 1. The van der Waals surface area contributed by atoms with Crippen molar-refractivity contribution in [1.29, 1.82) is 0 Å². The first-order valence-electron chi connectivity index (χ1n) is 6.32. The van der Waals surface area contributed by atoms with Gasteiger partial charge in [-0.1, -0.05) is 0 Å². The van der Waals surface area contributed by atoms with E-state index in [1.807, 2.05) is 0 Å². The fraction of sp³-hybridized carbons (Fsp3) is 0.357. The molecule has 1 saturated heterocycles. The van der Waals surface area contributed by atoms with Gasteiger partial charge in [0.2, 0.25) is 11.8 Å². The third-order valence-corrected chi connectivity index (χ3v) is 3.42. The molecule has 6 heteroatoms. The van der Waals surface area contributed by atoms with Crippen LogP contribution in [0.5, 0.6) is 5.75 Å². The lowest BCUT2D eigenvalue weighted by Gasteiger charge is -2.29. The monoisotopic (exact) mass is 276 g/mol. The molecule has 2 rings (SSSR count). The molecule has 6 nitrogen and oxygen atoms in total. The van der Waals surface area contributed by atoms with Gasteiger partial charge in [0.15, 0.2) is 0 Å². The number of carbonyl (C=O) groups is 3. The second-order valence-electron chi connectivity index (χ2n) is 4.88. The maximum atomic E-state index is 11.8. The summed E-state index contributed by atoms with van der Waals surface area (Å²) in [6.45, 7) is 0.342. The van der Waals surface area contributed by atoms with Gasteiger partial charge < -0.3 is 5.11 Å². The van der Waals surface area contributed by atoms with Gasteiger partial charge in [-0.2, -0.15) is 0 Å². The van der Waals surface area contributed by atoms with E-state index in [0.717, 1.165) is 0 Å². The lowest BCUT2D eigenvalue weighted by Crippen LogP contribution is -2.51. The summed E-state index contributed by atoms with van der Waals surface area (Å²) in [5.74, 6) is -0.510. The van der Waals surface area contributed by atoms with Crippen LogP contribution in [0.15, 0.2) is 18.2 Å². The van der Waals surface area contributed by atoms with Gasteiger partial charge in [0.25, 0.3) is 0 Å². The van der Waals surface area contributed by atoms with Crippen LogP contribution < -0.4 is 5.32 Å². The zero-order valence-corrected chi connectivity index (χ0v) is 11.1. The van der Waals surface area contributed by atoms with Crippen molar-refractivity contribution in [2.45, 2.75) is 25.4 Å². The van der Waals surface area contributed by atoms with Crippen molar-refractivity contribution < 1.29 is 19.5 Å². The first kappa shape index (κ1) is 14.2. The minimum atomic E-state index is -0.408. The molecule has 0 spiro atoms. The Kier molecular flexibility index (Phi) is 4.14. The Labute approximate surface area is 116 Å². The van der Waals surface area contributed by atoms with Crippen LogP contribution in [0.25, 0.3) is 0 Å². The molecule has 20 heavy (non-hydrogen) atoms. The molecule has 2 N–H and O–H groups in total. The van der Waals surface area contributed by atoms with Gasteiger partial charge in [0.1, 0.15) is 12.0 Å². The zero-order valence-electron chi connectivity index (χ0n) is 11.1. The summed E-state index contributed by atoms with van der Waals surface area (Å²) in [5, 5.41) is 11.8. The number of likely N-dealkylation sites (N-methyl/N-ethyl adjacent to an activating group) is 1. The minimum Gasteiger partial charge on any atom is -0.508 e. The van der Waals surface area contributed by atoms with Gasteiger partial charge in [-0.3, -0.25) is 24.6 Å². The molecule has 0 aromatic heterocycles.